The van der Waals surface area contributed by atoms with Crippen LogP contribution in [0.5, 0.6) is 0 Å². The van der Waals surface area contributed by atoms with E-state index in [4.69, 9.17) is 4.74 Å². The number of β-amino-alcohol motifs (C(OH)–C–C–N with tert-alkyl or cyclic N) is 1. The number of aliphatic hydroxyl groups is 1. The van der Waals surface area contributed by atoms with Crippen LogP contribution in [0.3, 0.4) is 0 Å². The Kier molecular flexibility index (Phi) is 12.6. The summed E-state index contributed by atoms with van der Waals surface area (Å²) in [4.78, 5) is 44.1. The van der Waals surface area contributed by atoms with Gasteiger partial charge in [-0.15, -0.1) is 0 Å². The minimum absolute atomic E-state index is 0.0186. The molecule has 1 aliphatic rings. The minimum atomic E-state index is -0.858. The smallest absolute Gasteiger partial charge is 0.408 e. The largest absolute Gasteiger partial charge is 0.445 e. The maximum absolute atomic E-state index is 13.7. The van der Waals surface area contributed by atoms with Crippen molar-refractivity contribution in [1.82, 2.24) is 15.5 Å². The highest BCUT2D eigenvalue weighted by Gasteiger charge is 2.33. The number of fused-ring (bicyclic) bond motifs is 1. The number of Topliss-reactive ketones (excluding diaryl/α,β-unsaturated/α-hetero) is 1. The van der Waals surface area contributed by atoms with Crippen molar-refractivity contribution < 1.29 is 24.2 Å². The first kappa shape index (κ1) is 32.1. The molecule has 1 heterocycles. The molecule has 0 aromatic heterocycles. The number of nitrogens with zero attached hydrogens (tertiary/aromatic N) is 2. The molecule has 9 nitrogen and oxygen atoms in total. The lowest BCUT2D eigenvalue weighted by atomic mass is 10.0. The summed E-state index contributed by atoms with van der Waals surface area (Å²) in [5.41, 5.74) is 2.89. The summed E-state index contributed by atoms with van der Waals surface area (Å²) in [5.74, 6) is -0.0135. The van der Waals surface area contributed by atoms with E-state index in [2.05, 4.69) is 29.4 Å². The van der Waals surface area contributed by atoms with Crippen molar-refractivity contribution in [2.75, 3.05) is 31.1 Å². The van der Waals surface area contributed by atoms with Gasteiger partial charge in [-0.3, -0.25) is 14.5 Å². The lowest BCUT2D eigenvalue weighted by Gasteiger charge is -2.32. The van der Waals surface area contributed by atoms with Crippen LogP contribution in [-0.2, 0) is 27.5 Å². The number of nitrogens with one attached hydrogen (secondary N) is 2. The first-order valence-corrected chi connectivity index (χ1v) is 14.7. The highest BCUT2D eigenvalue weighted by atomic mass is 16.5. The average Bonchev–Trinajstić information content (AvgIpc) is 3.13. The van der Waals surface area contributed by atoms with Gasteiger partial charge in [0.05, 0.1) is 6.61 Å². The van der Waals surface area contributed by atoms with Crippen molar-refractivity contribution in [2.45, 2.75) is 72.3 Å². The van der Waals surface area contributed by atoms with E-state index in [1.165, 1.54) is 0 Å². The first-order chi connectivity index (χ1) is 19.7. The summed E-state index contributed by atoms with van der Waals surface area (Å²) in [6.07, 6.45) is -0.0820. The van der Waals surface area contributed by atoms with Crippen LogP contribution in [0.15, 0.2) is 54.6 Å². The number of para-hydroxylation sites is 1. The second-order valence-electron chi connectivity index (χ2n) is 11.5. The van der Waals surface area contributed by atoms with Crippen molar-refractivity contribution in [1.29, 1.82) is 0 Å². The number of anilines is 1. The molecule has 0 fully saturated rings. The lowest BCUT2D eigenvalue weighted by molar-refractivity contribution is -0.133. The van der Waals surface area contributed by atoms with Gasteiger partial charge < -0.3 is 25.4 Å². The van der Waals surface area contributed by atoms with Gasteiger partial charge in [-0.1, -0.05) is 76.2 Å². The number of carbonyl (C=O) groups excluding carboxylic acids is 3. The fourth-order valence-electron chi connectivity index (χ4n) is 4.98. The van der Waals surface area contributed by atoms with Crippen LogP contribution in [0, 0.1) is 11.8 Å². The number of amides is 2. The van der Waals surface area contributed by atoms with Crippen LogP contribution in [0.25, 0.3) is 0 Å². The van der Waals surface area contributed by atoms with Crippen molar-refractivity contribution in [2.24, 2.45) is 11.8 Å². The van der Waals surface area contributed by atoms with Crippen LogP contribution in [-0.4, -0.2) is 66.2 Å². The van der Waals surface area contributed by atoms with Gasteiger partial charge in [0.25, 0.3) is 0 Å². The summed E-state index contributed by atoms with van der Waals surface area (Å²) in [5, 5.41) is 15.4. The molecule has 0 radical (unpaired) electrons. The normalized spacial score (nSPS) is 15.1. The molecule has 3 rings (SSSR count). The molecule has 2 aromatic carbocycles. The molecule has 3 N–H and O–H groups in total. The third-order valence-corrected chi connectivity index (χ3v) is 7.18. The SMILES string of the molecule is CC(C)CCC(=O)C(NC(=O)[C@H](CC(C)C)NC(=O)OCc1ccccc1)N1CCN(CCO)c2ccccc2C1. The number of carbonyl (C=O) groups is 3. The van der Waals surface area contributed by atoms with Gasteiger partial charge in [-0.05, 0) is 41.9 Å². The van der Waals surface area contributed by atoms with Crippen molar-refractivity contribution in [3.8, 4) is 0 Å². The molecule has 0 bridgehead atoms. The van der Waals surface area contributed by atoms with Gasteiger partial charge in [0.15, 0.2) is 5.78 Å². The number of ether oxygens (including phenoxy) is 1. The summed E-state index contributed by atoms with van der Waals surface area (Å²) < 4.78 is 5.38. The number of benzene rings is 2. The molecule has 0 spiro atoms. The molecule has 1 unspecified atom stereocenters. The second kappa shape index (κ2) is 16.1. The molecule has 0 saturated heterocycles. The van der Waals surface area contributed by atoms with Crippen LogP contribution < -0.4 is 15.5 Å². The summed E-state index contributed by atoms with van der Waals surface area (Å²) >= 11 is 0. The average molecular weight is 567 g/mol. The van der Waals surface area contributed by atoms with Gasteiger partial charge in [-0.2, -0.15) is 0 Å². The molecule has 41 heavy (non-hydrogen) atoms. The Morgan fingerprint density at radius 3 is 2.32 bits per heavy atom. The molecular weight excluding hydrogens is 520 g/mol. The second-order valence-corrected chi connectivity index (χ2v) is 11.5. The molecule has 0 aliphatic carbocycles. The maximum Gasteiger partial charge on any atom is 0.408 e. The van der Waals surface area contributed by atoms with Gasteiger partial charge in [0.2, 0.25) is 5.91 Å². The Morgan fingerprint density at radius 2 is 1.63 bits per heavy atom. The number of aliphatic hydroxyl groups excluding tert-OH is 1. The molecule has 9 heteroatoms. The molecule has 1 aliphatic heterocycles. The predicted molar refractivity (Wildman–Crippen MR) is 160 cm³/mol. The van der Waals surface area contributed by atoms with E-state index in [9.17, 15) is 19.5 Å². The van der Waals surface area contributed by atoms with Gasteiger partial charge in [0, 0.05) is 38.3 Å². The zero-order chi connectivity index (χ0) is 29.8. The lowest BCUT2D eigenvalue weighted by Crippen LogP contribution is -2.58. The van der Waals surface area contributed by atoms with Crippen LogP contribution >= 0.6 is 0 Å². The minimum Gasteiger partial charge on any atom is -0.445 e. The van der Waals surface area contributed by atoms with Crippen molar-refractivity contribution in [3.05, 3.63) is 65.7 Å². The van der Waals surface area contributed by atoms with Crippen LogP contribution in [0.4, 0.5) is 10.5 Å². The zero-order valence-electron chi connectivity index (χ0n) is 24.8. The molecule has 224 valence electrons. The molecule has 0 saturated carbocycles. The first-order valence-electron chi connectivity index (χ1n) is 14.7. The van der Waals surface area contributed by atoms with E-state index in [1.807, 2.05) is 73.3 Å². The fourth-order valence-corrected chi connectivity index (χ4v) is 4.98. The monoisotopic (exact) mass is 566 g/mol. The van der Waals surface area contributed by atoms with Crippen molar-refractivity contribution in [3.63, 3.8) is 0 Å². The molecule has 2 atom stereocenters. The van der Waals surface area contributed by atoms with E-state index in [-0.39, 0.29) is 24.9 Å². The Labute approximate surface area is 244 Å². The summed E-state index contributed by atoms with van der Waals surface area (Å²) in [6.45, 7) is 10.3. The van der Waals surface area contributed by atoms with E-state index < -0.39 is 24.2 Å². The Morgan fingerprint density at radius 1 is 0.927 bits per heavy atom. The van der Waals surface area contributed by atoms with Gasteiger partial charge >= 0.3 is 6.09 Å². The Bertz CT molecular complexity index is 1120. The number of alkyl carbamates (subject to hydrolysis) is 1. The van der Waals surface area contributed by atoms with Crippen LogP contribution in [0.1, 0.15) is 58.1 Å². The van der Waals surface area contributed by atoms with Gasteiger partial charge in [-0.25, -0.2) is 4.79 Å². The number of rotatable bonds is 14. The maximum atomic E-state index is 13.7. The topological polar surface area (TPSA) is 111 Å². The van der Waals surface area contributed by atoms with E-state index >= 15 is 0 Å². The van der Waals surface area contributed by atoms with Crippen molar-refractivity contribution >= 4 is 23.5 Å². The highest BCUT2D eigenvalue weighted by molar-refractivity contribution is 5.92. The summed E-state index contributed by atoms with van der Waals surface area (Å²) in [6, 6.07) is 16.4. The standard InChI is InChI=1S/C32H46N4O5/c1-23(2)14-15-29(38)30(36-17-16-35(18-19-37)28-13-9-8-12-26(28)21-36)34-31(39)27(20-24(3)4)33-32(40)41-22-25-10-6-5-7-11-25/h5-13,23-24,27,30,37H,14-22H2,1-4H3,(H,33,40)(H,34,39)/t27-,30?/m0/s1. The Hall–Kier alpha value is -3.43. The van der Waals surface area contributed by atoms with E-state index in [0.717, 1.165) is 16.8 Å². The quantitative estimate of drug-likeness (QED) is 0.316. The number of hydrogen-bond donors (Lipinski definition) is 3. The molecular formula is C32H46N4O5. The highest BCUT2D eigenvalue weighted by Crippen LogP contribution is 2.26. The third-order valence-electron chi connectivity index (χ3n) is 7.18. The number of ketones is 1. The van der Waals surface area contributed by atoms with Gasteiger partial charge in [0.1, 0.15) is 18.8 Å². The predicted octanol–water partition coefficient (Wildman–Crippen LogP) is 4.09. The molecule has 2 amide bonds. The van der Waals surface area contributed by atoms with E-state index in [0.29, 0.717) is 51.4 Å². The zero-order valence-corrected chi connectivity index (χ0v) is 24.8. The number of hydrogen-bond acceptors (Lipinski definition) is 7. The Balaban J connectivity index is 1.78. The van der Waals surface area contributed by atoms with E-state index in [1.54, 1.807) is 0 Å². The van der Waals surface area contributed by atoms with Crippen LogP contribution in [0.2, 0.25) is 0 Å². The molecule has 2 aromatic rings. The summed E-state index contributed by atoms with van der Waals surface area (Å²) in [7, 11) is 0. The fraction of sp³-hybridized carbons (Fsp3) is 0.531. The third kappa shape index (κ3) is 10.2.